The first-order chi connectivity index (χ1) is 9.87. The molecule has 1 aliphatic carbocycles. The molecule has 0 bridgehead atoms. The number of hydrogen-bond donors (Lipinski definition) is 0. The summed E-state index contributed by atoms with van der Waals surface area (Å²) in [6.45, 7) is 8.79. The van der Waals surface area contributed by atoms with E-state index in [0.717, 1.165) is 18.4 Å². The number of rotatable bonds is 3. The highest BCUT2D eigenvalue weighted by atomic mass is 32.1. The molecule has 1 unspecified atom stereocenters. The molecule has 2 aromatic heterocycles. The van der Waals surface area contributed by atoms with Gasteiger partial charge in [-0.1, -0.05) is 19.9 Å². The minimum atomic E-state index is 0.0786. The molecule has 2 nitrogen and oxygen atoms in total. The Hall–Kier alpha value is -1.35. The summed E-state index contributed by atoms with van der Waals surface area (Å²) >= 11 is 1.81. The second-order valence-electron chi connectivity index (χ2n) is 7.09. The van der Waals surface area contributed by atoms with Gasteiger partial charge in [0.05, 0.1) is 0 Å². The van der Waals surface area contributed by atoms with Gasteiger partial charge < -0.3 is 4.57 Å². The third-order valence-electron chi connectivity index (χ3n) is 4.44. The van der Waals surface area contributed by atoms with E-state index in [2.05, 4.69) is 55.8 Å². The summed E-state index contributed by atoms with van der Waals surface area (Å²) in [5.41, 5.74) is 3.51. The van der Waals surface area contributed by atoms with Crippen molar-refractivity contribution in [1.82, 2.24) is 4.57 Å². The first-order valence-corrected chi connectivity index (χ1v) is 8.52. The molecule has 3 heteroatoms. The van der Waals surface area contributed by atoms with E-state index in [0.29, 0.717) is 18.2 Å². The summed E-state index contributed by atoms with van der Waals surface area (Å²) in [5.74, 6) is 0.312. The van der Waals surface area contributed by atoms with Crippen LogP contribution in [0.25, 0.3) is 0 Å². The maximum atomic E-state index is 12.4. The maximum Gasteiger partial charge on any atom is 0.165 e. The lowest BCUT2D eigenvalue weighted by Gasteiger charge is -2.31. The Morgan fingerprint density at radius 3 is 2.81 bits per heavy atom. The fourth-order valence-electron chi connectivity index (χ4n) is 3.60. The van der Waals surface area contributed by atoms with Crippen molar-refractivity contribution in [1.29, 1.82) is 0 Å². The normalized spacial score (nSPS) is 18.6. The molecule has 0 aromatic carbocycles. The smallest absolute Gasteiger partial charge is 0.165 e. The summed E-state index contributed by atoms with van der Waals surface area (Å²) in [6.07, 6.45) is 2.70. The molecule has 21 heavy (non-hydrogen) atoms. The number of thiophene rings is 1. The molecule has 1 atom stereocenters. The Bertz CT molecular complexity index is 664. The molecule has 0 spiro atoms. The number of hydrogen-bond acceptors (Lipinski definition) is 2. The molecule has 1 aliphatic rings. The molecule has 3 rings (SSSR count). The van der Waals surface area contributed by atoms with Crippen molar-refractivity contribution in [3.63, 3.8) is 0 Å². The first-order valence-electron chi connectivity index (χ1n) is 7.64. The fourth-order valence-corrected chi connectivity index (χ4v) is 4.42. The van der Waals surface area contributed by atoms with E-state index in [4.69, 9.17) is 0 Å². The van der Waals surface area contributed by atoms with Gasteiger partial charge in [-0.15, -0.1) is 11.3 Å². The number of nitrogens with zero attached hydrogens (tertiary/aromatic N) is 1. The van der Waals surface area contributed by atoms with Crippen LogP contribution in [0.3, 0.4) is 0 Å². The number of ketones is 1. The number of carbonyl (C=O) groups excluding carboxylic acids is 1. The van der Waals surface area contributed by atoms with Crippen molar-refractivity contribution in [2.75, 3.05) is 0 Å². The Morgan fingerprint density at radius 2 is 2.14 bits per heavy atom. The number of aryl methyl sites for hydroxylation is 1. The van der Waals surface area contributed by atoms with Crippen LogP contribution in [0.15, 0.2) is 23.6 Å². The molecule has 2 heterocycles. The van der Waals surface area contributed by atoms with Crippen LogP contribution in [0.5, 0.6) is 0 Å². The van der Waals surface area contributed by atoms with Gasteiger partial charge in [0.15, 0.2) is 5.78 Å². The zero-order chi connectivity index (χ0) is 15.2. The summed E-state index contributed by atoms with van der Waals surface area (Å²) in [5, 5.41) is 2.13. The minimum Gasteiger partial charge on any atom is -0.345 e. The molecule has 0 amide bonds. The SMILES string of the molecule is Cc1cc2c(n1C(C)Cc1cccs1)CC(C)(C)CC2=O. The average molecular weight is 301 g/mol. The van der Waals surface area contributed by atoms with Crippen LogP contribution in [0.1, 0.15) is 59.9 Å². The average Bonchev–Trinajstić information content (AvgIpc) is 2.95. The second kappa shape index (κ2) is 5.13. The van der Waals surface area contributed by atoms with Crippen LogP contribution in [-0.2, 0) is 12.8 Å². The molecule has 0 aliphatic heterocycles. The molecule has 112 valence electrons. The lowest BCUT2D eigenvalue weighted by atomic mass is 9.76. The van der Waals surface area contributed by atoms with Gasteiger partial charge in [-0.05, 0) is 43.2 Å². The minimum absolute atomic E-state index is 0.0786. The van der Waals surface area contributed by atoms with Crippen LogP contribution >= 0.6 is 11.3 Å². The summed E-state index contributed by atoms with van der Waals surface area (Å²) < 4.78 is 2.40. The van der Waals surface area contributed by atoms with E-state index in [9.17, 15) is 4.79 Å². The third kappa shape index (κ3) is 2.71. The van der Waals surface area contributed by atoms with Gasteiger partial charge in [0.1, 0.15) is 0 Å². The predicted molar refractivity (Wildman–Crippen MR) is 88.3 cm³/mol. The van der Waals surface area contributed by atoms with Crippen molar-refractivity contribution in [3.05, 3.63) is 45.4 Å². The second-order valence-corrected chi connectivity index (χ2v) is 8.12. The Labute approximate surface area is 130 Å². The van der Waals surface area contributed by atoms with Gasteiger partial charge in [-0.2, -0.15) is 0 Å². The maximum absolute atomic E-state index is 12.4. The number of carbonyl (C=O) groups is 1. The van der Waals surface area contributed by atoms with Gasteiger partial charge in [0, 0.05) is 40.7 Å². The van der Waals surface area contributed by atoms with Crippen molar-refractivity contribution in [3.8, 4) is 0 Å². The van der Waals surface area contributed by atoms with Crippen molar-refractivity contribution >= 4 is 17.1 Å². The highest BCUT2D eigenvalue weighted by molar-refractivity contribution is 7.09. The highest BCUT2D eigenvalue weighted by Crippen LogP contribution is 2.38. The zero-order valence-electron chi connectivity index (χ0n) is 13.3. The van der Waals surface area contributed by atoms with Gasteiger partial charge in [-0.3, -0.25) is 4.79 Å². The third-order valence-corrected chi connectivity index (χ3v) is 5.34. The van der Waals surface area contributed by atoms with E-state index in [1.165, 1.54) is 16.3 Å². The summed E-state index contributed by atoms with van der Waals surface area (Å²) in [6, 6.07) is 6.80. The molecular weight excluding hydrogens is 278 g/mol. The van der Waals surface area contributed by atoms with E-state index in [1.807, 2.05) is 11.3 Å². The van der Waals surface area contributed by atoms with Crippen LogP contribution in [-0.4, -0.2) is 10.4 Å². The monoisotopic (exact) mass is 301 g/mol. The molecule has 0 saturated heterocycles. The number of aromatic nitrogens is 1. The Kier molecular flexibility index (Phi) is 3.56. The van der Waals surface area contributed by atoms with Crippen LogP contribution in [0.4, 0.5) is 0 Å². The Morgan fingerprint density at radius 1 is 1.38 bits per heavy atom. The lowest BCUT2D eigenvalue weighted by molar-refractivity contribution is 0.0909. The summed E-state index contributed by atoms with van der Waals surface area (Å²) in [4.78, 5) is 13.8. The van der Waals surface area contributed by atoms with Gasteiger partial charge in [-0.25, -0.2) is 0 Å². The fraction of sp³-hybridized carbons (Fsp3) is 0.500. The largest absolute Gasteiger partial charge is 0.345 e. The van der Waals surface area contributed by atoms with E-state index < -0.39 is 0 Å². The number of Topliss-reactive ketones (excluding diaryl/α,β-unsaturated/α-hetero) is 1. The van der Waals surface area contributed by atoms with Crippen LogP contribution < -0.4 is 0 Å². The molecule has 0 saturated carbocycles. The summed E-state index contributed by atoms with van der Waals surface area (Å²) in [7, 11) is 0. The van der Waals surface area contributed by atoms with E-state index in [1.54, 1.807) is 0 Å². The van der Waals surface area contributed by atoms with Gasteiger partial charge >= 0.3 is 0 Å². The van der Waals surface area contributed by atoms with E-state index >= 15 is 0 Å². The van der Waals surface area contributed by atoms with Crippen molar-refractivity contribution in [2.45, 2.75) is 53.0 Å². The lowest BCUT2D eigenvalue weighted by Crippen LogP contribution is -2.29. The topological polar surface area (TPSA) is 22.0 Å². The van der Waals surface area contributed by atoms with Gasteiger partial charge in [0.25, 0.3) is 0 Å². The number of fused-ring (bicyclic) bond motifs is 1. The highest BCUT2D eigenvalue weighted by Gasteiger charge is 2.34. The molecular formula is C18H23NOS. The molecule has 0 fully saturated rings. The van der Waals surface area contributed by atoms with Crippen molar-refractivity contribution < 1.29 is 4.79 Å². The van der Waals surface area contributed by atoms with Crippen LogP contribution in [0, 0.1) is 12.3 Å². The standard InChI is InChI=1S/C18H23NOS/c1-12(8-14-6-5-7-21-14)19-13(2)9-15-16(19)10-18(3,4)11-17(15)20/h5-7,9,12H,8,10-11H2,1-4H3. The van der Waals surface area contributed by atoms with E-state index in [-0.39, 0.29) is 5.41 Å². The zero-order valence-corrected chi connectivity index (χ0v) is 14.1. The Balaban J connectivity index is 1.98. The molecule has 0 radical (unpaired) electrons. The molecule has 2 aromatic rings. The quantitative estimate of drug-likeness (QED) is 0.797. The van der Waals surface area contributed by atoms with Gasteiger partial charge in [0.2, 0.25) is 0 Å². The molecule has 0 N–H and O–H groups in total. The van der Waals surface area contributed by atoms with Crippen molar-refractivity contribution in [2.24, 2.45) is 5.41 Å². The first kappa shape index (κ1) is 14.6. The van der Waals surface area contributed by atoms with Crippen LogP contribution in [0.2, 0.25) is 0 Å². The predicted octanol–water partition coefficient (Wildman–Crippen LogP) is 4.82.